The Hall–Kier alpha value is -0.580. The third kappa shape index (κ3) is 2.71. The van der Waals surface area contributed by atoms with Gasteiger partial charge in [0.05, 0.1) is 0 Å². The third-order valence-electron chi connectivity index (χ3n) is 2.75. The number of rotatable bonds is 5. The molecule has 0 spiro atoms. The van der Waals surface area contributed by atoms with Crippen LogP contribution in [-0.4, -0.2) is 24.2 Å². The number of carbonyl (C=O) groups is 1. The van der Waals surface area contributed by atoms with Gasteiger partial charge >= 0.3 is 0 Å². The van der Waals surface area contributed by atoms with Crippen molar-refractivity contribution in [2.45, 2.75) is 24.5 Å². The molecule has 100 valence electrons. The summed E-state index contributed by atoms with van der Waals surface area (Å²) in [5.41, 5.74) is 0.205. The molecule has 0 heterocycles. The van der Waals surface area contributed by atoms with Crippen molar-refractivity contribution in [1.29, 1.82) is 0 Å². The van der Waals surface area contributed by atoms with Crippen LogP contribution in [0.2, 0.25) is 5.02 Å². The zero-order chi connectivity index (χ0) is 14.0. The van der Waals surface area contributed by atoms with Crippen LogP contribution in [0.5, 0.6) is 0 Å². The Morgan fingerprint density at radius 3 is 2.39 bits per heavy atom. The van der Waals surface area contributed by atoms with Gasteiger partial charge in [0.1, 0.15) is 0 Å². The molecule has 1 aromatic carbocycles. The molecule has 0 fully saturated rings. The van der Waals surface area contributed by atoms with E-state index in [9.17, 15) is 13.2 Å². The summed E-state index contributed by atoms with van der Waals surface area (Å²) in [5, 5.41) is 0.366. The van der Waals surface area contributed by atoms with E-state index in [4.69, 9.17) is 23.2 Å². The van der Waals surface area contributed by atoms with Gasteiger partial charge in [0, 0.05) is 16.3 Å². The number of Topliss-reactive ketones (excluding diaryl/α,β-unsaturated/α-hetero) is 1. The summed E-state index contributed by atoms with van der Waals surface area (Å²) < 4.78 is 22.0. The van der Waals surface area contributed by atoms with Crippen LogP contribution in [-0.2, 0) is 9.84 Å². The van der Waals surface area contributed by atoms with Gasteiger partial charge in [-0.15, -0.1) is 0 Å². The van der Waals surface area contributed by atoms with Crippen LogP contribution in [0.25, 0.3) is 0 Å². The molecule has 1 aromatic rings. The highest BCUT2D eigenvalue weighted by molar-refractivity contribution is 7.95. The Morgan fingerprint density at radius 1 is 1.33 bits per heavy atom. The molecule has 1 atom stereocenters. The lowest BCUT2D eigenvalue weighted by atomic mass is 10.1. The average molecular weight is 309 g/mol. The summed E-state index contributed by atoms with van der Waals surface area (Å²) in [6.07, 6.45) is 0.01000. The van der Waals surface area contributed by atoms with E-state index in [1.807, 2.05) is 0 Å². The number of ketones is 1. The van der Waals surface area contributed by atoms with E-state index in [1.54, 1.807) is 19.1 Å². The van der Waals surface area contributed by atoms with Crippen LogP contribution < -0.4 is 0 Å². The first-order chi connectivity index (χ1) is 8.28. The highest BCUT2D eigenvalue weighted by Gasteiger charge is 2.46. The normalized spacial score (nSPS) is 15.1. The van der Waals surface area contributed by atoms with Crippen LogP contribution in [0.15, 0.2) is 24.3 Å². The fourth-order valence-corrected chi connectivity index (χ4v) is 3.52. The van der Waals surface area contributed by atoms with Gasteiger partial charge in [-0.25, -0.2) is 8.42 Å². The first-order valence-electron chi connectivity index (χ1n) is 5.50. The van der Waals surface area contributed by atoms with Crippen molar-refractivity contribution in [3.63, 3.8) is 0 Å². The maximum absolute atomic E-state index is 12.3. The molecule has 0 saturated heterocycles. The molecule has 0 aliphatic carbocycles. The van der Waals surface area contributed by atoms with E-state index in [2.05, 4.69) is 0 Å². The van der Waals surface area contributed by atoms with Gasteiger partial charge in [0.2, 0.25) is 4.21 Å². The number of halogens is 2. The fraction of sp³-hybridized carbons (Fsp3) is 0.417. The van der Waals surface area contributed by atoms with Crippen LogP contribution >= 0.6 is 23.2 Å². The minimum absolute atomic E-state index is 0.01000. The minimum atomic E-state index is -3.70. The van der Waals surface area contributed by atoms with Crippen LogP contribution in [0.1, 0.15) is 30.6 Å². The molecule has 1 rings (SSSR count). The van der Waals surface area contributed by atoms with Gasteiger partial charge in [-0.3, -0.25) is 4.79 Å². The van der Waals surface area contributed by atoms with Gasteiger partial charge in [-0.1, -0.05) is 49.2 Å². The smallest absolute Gasteiger partial charge is 0.207 e. The molecular weight excluding hydrogens is 295 g/mol. The molecule has 0 saturated carbocycles. The number of sulfone groups is 1. The van der Waals surface area contributed by atoms with E-state index in [0.29, 0.717) is 5.02 Å². The predicted molar refractivity (Wildman–Crippen MR) is 74.1 cm³/mol. The largest absolute Gasteiger partial charge is 0.291 e. The lowest BCUT2D eigenvalue weighted by Crippen LogP contribution is -2.41. The van der Waals surface area contributed by atoms with Crippen LogP contribution in [0, 0.1) is 0 Å². The number of alkyl halides is 1. The van der Waals surface area contributed by atoms with Crippen molar-refractivity contribution in [1.82, 2.24) is 0 Å². The van der Waals surface area contributed by atoms with E-state index in [1.165, 1.54) is 19.1 Å². The van der Waals surface area contributed by atoms with Gasteiger partial charge in [-0.2, -0.15) is 0 Å². The van der Waals surface area contributed by atoms with Gasteiger partial charge in [0.25, 0.3) is 0 Å². The van der Waals surface area contributed by atoms with E-state index >= 15 is 0 Å². The molecule has 0 aliphatic rings. The van der Waals surface area contributed by atoms with Gasteiger partial charge in [-0.05, 0) is 18.6 Å². The number of hydrogen-bond donors (Lipinski definition) is 0. The topological polar surface area (TPSA) is 51.2 Å². The third-order valence-corrected chi connectivity index (χ3v) is 6.35. The molecule has 18 heavy (non-hydrogen) atoms. The standard InChI is InChI=1S/C12H14Cl2O3S/c1-3-12(14,18(16,17)4-2)11(15)9-6-5-7-10(13)8-9/h5-8H,3-4H2,1-2H3/t12-/m1/s1. The Balaban J connectivity index is 3.31. The molecular formula is C12H14Cl2O3S. The second-order valence-corrected chi connectivity index (χ2v) is 7.63. The fourth-order valence-electron chi connectivity index (χ4n) is 1.60. The first kappa shape index (κ1) is 15.5. The zero-order valence-electron chi connectivity index (χ0n) is 10.1. The van der Waals surface area contributed by atoms with Crippen LogP contribution in [0.4, 0.5) is 0 Å². The maximum Gasteiger partial charge on any atom is 0.207 e. The van der Waals surface area contributed by atoms with Crippen molar-refractivity contribution < 1.29 is 13.2 Å². The first-order valence-corrected chi connectivity index (χ1v) is 7.91. The summed E-state index contributed by atoms with van der Waals surface area (Å²) in [6, 6.07) is 6.11. The number of carbonyl (C=O) groups excluding carboxylic acids is 1. The maximum atomic E-state index is 12.3. The summed E-state index contributed by atoms with van der Waals surface area (Å²) in [4.78, 5) is 12.3. The van der Waals surface area contributed by atoms with Gasteiger partial charge < -0.3 is 0 Å². The summed E-state index contributed by atoms with van der Waals surface area (Å²) in [5.74, 6) is -0.813. The molecule has 0 N–H and O–H groups in total. The summed E-state index contributed by atoms with van der Waals surface area (Å²) in [6.45, 7) is 3.04. The van der Waals surface area contributed by atoms with Crippen molar-refractivity contribution in [2.24, 2.45) is 0 Å². The SMILES string of the molecule is CC[C@](Cl)(C(=O)c1cccc(Cl)c1)S(=O)(=O)CC. The van der Waals surface area contributed by atoms with E-state index in [0.717, 1.165) is 0 Å². The monoisotopic (exact) mass is 308 g/mol. The molecule has 0 unspecified atom stereocenters. The molecule has 0 amide bonds. The molecule has 0 bridgehead atoms. The Morgan fingerprint density at radius 2 is 1.94 bits per heavy atom. The quantitative estimate of drug-likeness (QED) is 0.619. The minimum Gasteiger partial charge on any atom is -0.291 e. The lowest BCUT2D eigenvalue weighted by Gasteiger charge is -2.23. The van der Waals surface area contributed by atoms with Crippen LogP contribution in [0.3, 0.4) is 0 Å². The molecule has 0 aliphatic heterocycles. The summed E-state index contributed by atoms with van der Waals surface area (Å²) >= 11 is 11.9. The zero-order valence-corrected chi connectivity index (χ0v) is 12.4. The average Bonchev–Trinajstić information content (AvgIpc) is 2.36. The Kier molecular flexibility index (Phi) is 4.81. The molecule has 0 aromatic heterocycles. The van der Waals surface area contributed by atoms with Crippen molar-refractivity contribution in [3.05, 3.63) is 34.9 Å². The second-order valence-electron chi connectivity index (χ2n) is 3.82. The molecule has 0 radical (unpaired) electrons. The Labute approximate surface area is 117 Å². The molecule has 6 heteroatoms. The Bertz CT molecular complexity index is 554. The van der Waals surface area contributed by atoms with E-state index < -0.39 is 19.8 Å². The van der Waals surface area contributed by atoms with Crippen molar-refractivity contribution in [2.75, 3.05) is 5.75 Å². The van der Waals surface area contributed by atoms with Crippen molar-refractivity contribution >= 4 is 38.8 Å². The predicted octanol–water partition coefficient (Wildman–Crippen LogP) is 3.30. The number of benzene rings is 1. The highest BCUT2D eigenvalue weighted by Crippen LogP contribution is 2.32. The van der Waals surface area contributed by atoms with Crippen molar-refractivity contribution in [3.8, 4) is 0 Å². The van der Waals surface area contributed by atoms with Gasteiger partial charge in [0.15, 0.2) is 15.6 Å². The summed E-state index contributed by atoms with van der Waals surface area (Å²) in [7, 11) is -3.70. The highest BCUT2D eigenvalue weighted by atomic mass is 35.5. The van der Waals surface area contributed by atoms with E-state index in [-0.39, 0.29) is 17.7 Å². The molecule has 3 nitrogen and oxygen atoms in total. The lowest BCUT2D eigenvalue weighted by molar-refractivity contribution is 0.0970. The second kappa shape index (κ2) is 5.59. The number of hydrogen-bond acceptors (Lipinski definition) is 3.